The number of methoxy groups -OCH3 is 1. The van der Waals surface area contributed by atoms with Gasteiger partial charge in [-0.25, -0.2) is 23.8 Å². The van der Waals surface area contributed by atoms with Crippen LogP contribution in [-0.2, 0) is 22.6 Å². The lowest BCUT2D eigenvalue weighted by atomic mass is 9.97. The lowest BCUT2D eigenvalue weighted by molar-refractivity contribution is -0.138. The summed E-state index contributed by atoms with van der Waals surface area (Å²) in [4.78, 5) is 16.7. The molecule has 1 aliphatic rings. The minimum atomic E-state index is -4.68. The lowest BCUT2D eigenvalue weighted by Crippen LogP contribution is -2.21. The van der Waals surface area contributed by atoms with Crippen LogP contribution in [0.5, 0.6) is 11.8 Å². The first-order valence-electron chi connectivity index (χ1n) is 10.3. The van der Waals surface area contributed by atoms with Crippen LogP contribution < -0.4 is 19.9 Å². The van der Waals surface area contributed by atoms with Gasteiger partial charge in [0.25, 0.3) is 0 Å². The molecule has 3 heterocycles. The summed E-state index contributed by atoms with van der Waals surface area (Å²) in [6, 6.07) is 3.96. The van der Waals surface area contributed by atoms with Crippen LogP contribution in [0.25, 0.3) is 11.1 Å². The minimum absolute atomic E-state index is 0.0767. The Balaban J connectivity index is 1.77. The van der Waals surface area contributed by atoms with Crippen LogP contribution >= 0.6 is 0 Å². The van der Waals surface area contributed by atoms with Gasteiger partial charge in [-0.3, -0.25) is 0 Å². The Morgan fingerprint density at radius 3 is 2.83 bits per heavy atom. The zero-order chi connectivity index (χ0) is 25.4. The van der Waals surface area contributed by atoms with Crippen LogP contribution in [0, 0.1) is 6.92 Å². The number of alkyl halides is 3. The molecule has 1 atom stereocenters. The number of ether oxygens (including phenoxy) is 2. The number of aromatic nitrogens is 3. The summed E-state index contributed by atoms with van der Waals surface area (Å²) in [6.07, 6.45) is -1.38. The number of rotatable bonds is 4. The number of halogens is 3. The molecular formula is C21H21F3N6O4S. The van der Waals surface area contributed by atoms with Crippen LogP contribution in [0.3, 0.4) is 0 Å². The highest BCUT2D eigenvalue weighted by Gasteiger charge is 2.34. The molecule has 2 amide bonds. The number of urea groups is 1. The van der Waals surface area contributed by atoms with Crippen molar-refractivity contribution in [3.8, 4) is 22.9 Å². The Morgan fingerprint density at radius 1 is 1.34 bits per heavy atom. The molecule has 1 aliphatic heterocycles. The molecule has 10 nitrogen and oxygen atoms in total. The van der Waals surface area contributed by atoms with Gasteiger partial charge in [-0.2, -0.15) is 18.3 Å². The van der Waals surface area contributed by atoms with Crippen molar-refractivity contribution >= 4 is 21.6 Å². The summed E-state index contributed by atoms with van der Waals surface area (Å²) < 4.78 is 69.4. The highest BCUT2D eigenvalue weighted by atomic mass is 32.2. The third kappa shape index (κ3) is 4.93. The van der Waals surface area contributed by atoms with E-state index in [0.29, 0.717) is 25.1 Å². The van der Waals surface area contributed by atoms with Gasteiger partial charge in [-0.15, -0.1) is 4.36 Å². The van der Waals surface area contributed by atoms with Gasteiger partial charge >= 0.3 is 12.2 Å². The predicted octanol–water partition coefficient (Wildman–Crippen LogP) is 4.00. The van der Waals surface area contributed by atoms with E-state index in [2.05, 4.69) is 19.8 Å². The van der Waals surface area contributed by atoms with E-state index in [1.165, 1.54) is 43.2 Å². The highest BCUT2D eigenvalue weighted by Crippen LogP contribution is 2.40. The maximum atomic E-state index is 13.6. The number of aryl methyl sites for hydroxylation is 1. The molecule has 3 aromatic rings. The number of carbonyl (C=O) groups excluding carboxylic acids is 1. The normalized spacial score (nSPS) is 14.9. The molecule has 0 saturated carbocycles. The predicted molar refractivity (Wildman–Crippen MR) is 120 cm³/mol. The number of benzene rings is 1. The van der Waals surface area contributed by atoms with Crippen molar-refractivity contribution in [2.75, 3.05) is 19.0 Å². The average Bonchev–Trinajstić information content (AvgIpc) is 3.24. The molecule has 1 aromatic carbocycles. The molecule has 0 radical (unpaired) electrons. The summed E-state index contributed by atoms with van der Waals surface area (Å²) >= 11 is 0. The van der Waals surface area contributed by atoms with Crippen LogP contribution in [-0.4, -0.2) is 38.7 Å². The summed E-state index contributed by atoms with van der Waals surface area (Å²) in [6.45, 7) is 2.07. The van der Waals surface area contributed by atoms with Gasteiger partial charge in [0.2, 0.25) is 11.8 Å². The second-order valence-corrected chi connectivity index (χ2v) is 9.33. The van der Waals surface area contributed by atoms with E-state index >= 15 is 0 Å². The zero-order valence-corrected chi connectivity index (χ0v) is 19.4. The molecule has 0 saturated heterocycles. The van der Waals surface area contributed by atoms with E-state index in [1.807, 2.05) is 0 Å². The SMILES string of the molecule is COc1cc(-c2ccc(C(F)(F)F)c(C)c2NC(=O)N=[S@@](N)(=O)c2cnn3c2OCCC3)ccn1. The fourth-order valence-corrected chi connectivity index (χ4v) is 4.66. The zero-order valence-electron chi connectivity index (χ0n) is 18.6. The fraction of sp³-hybridized carbons (Fsp3) is 0.286. The second kappa shape index (κ2) is 9.19. The molecule has 0 fully saturated rings. The largest absolute Gasteiger partial charge is 0.481 e. The molecule has 186 valence electrons. The molecule has 2 aromatic heterocycles. The third-order valence-corrected chi connectivity index (χ3v) is 6.65. The molecule has 3 N–H and O–H groups in total. The number of amides is 2. The Labute approximate surface area is 198 Å². The van der Waals surface area contributed by atoms with Crippen LogP contribution in [0.2, 0.25) is 0 Å². The summed E-state index contributed by atoms with van der Waals surface area (Å²) in [5.74, 6) is 0.359. The molecule has 0 bridgehead atoms. The van der Waals surface area contributed by atoms with Crippen LogP contribution in [0.1, 0.15) is 17.5 Å². The van der Waals surface area contributed by atoms with Crippen LogP contribution in [0.4, 0.5) is 23.7 Å². The van der Waals surface area contributed by atoms with E-state index < -0.39 is 27.7 Å². The van der Waals surface area contributed by atoms with Crippen molar-refractivity contribution in [1.29, 1.82) is 0 Å². The van der Waals surface area contributed by atoms with E-state index in [9.17, 15) is 22.2 Å². The molecule has 0 unspecified atom stereocenters. The molecule has 0 spiro atoms. The van der Waals surface area contributed by atoms with E-state index in [-0.39, 0.29) is 33.5 Å². The number of nitrogens with one attached hydrogen (secondary N) is 1. The van der Waals surface area contributed by atoms with Gasteiger partial charge in [0.15, 0.2) is 9.92 Å². The first kappa shape index (κ1) is 24.5. The van der Waals surface area contributed by atoms with Gasteiger partial charge in [0.1, 0.15) is 4.90 Å². The standard InChI is InChI=1S/C21H21F3N6O4S/c1-12-15(21(22,23)24)5-4-14(13-6-7-26-17(10-13)33-2)18(12)28-20(31)29-35(25,32)16-11-27-30-8-3-9-34-19(16)30/h4-7,10-11H,3,8-9H2,1-2H3,(H3,25,28,29,31,32)/t35-/m1/s1. The first-order chi connectivity index (χ1) is 16.5. The average molecular weight is 510 g/mol. The monoisotopic (exact) mass is 510 g/mol. The number of pyridine rings is 1. The molecular weight excluding hydrogens is 489 g/mol. The van der Waals surface area contributed by atoms with Crippen molar-refractivity contribution in [1.82, 2.24) is 14.8 Å². The minimum Gasteiger partial charge on any atom is -0.481 e. The maximum absolute atomic E-state index is 13.6. The maximum Gasteiger partial charge on any atom is 0.416 e. The number of anilines is 1. The Morgan fingerprint density at radius 2 is 2.11 bits per heavy atom. The first-order valence-corrected chi connectivity index (χ1v) is 11.8. The van der Waals surface area contributed by atoms with Gasteiger partial charge in [-0.05, 0) is 30.2 Å². The quantitative estimate of drug-likeness (QED) is 0.545. The molecule has 4 rings (SSSR count). The summed E-state index contributed by atoms with van der Waals surface area (Å²) in [5.41, 5.74) is -0.717. The Hall–Kier alpha value is -3.65. The van der Waals surface area contributed by atoms with Crippen molar-refractivity contribution in [2.24, 2.45) is 9.50 Å². The number of fused-ring (bicyclic) bond motifs is 1. The van der Waals surface area contributed by atoms with Gasteiger partial charge in [0, 0.05) is 30.8 Å². The number of hydrogen-bond donors (Lipinski definition) is 2. The van der Waals surface area contributed by atoms with Crippen molar-refractivity contribution in [3.63, 3.8) is 0 Å². The molecule has 35 heavy (non-hydrogen) atoms. The van der Waals surface area contributed by atoms with Gasteiger partial charge < -0.3 is 14.8 Å². The van der Waals surface area contributed by atoms with E-state index in [0.717, 1.165) is 6.07 Å². The van der Waals surface area contributed by atoms with E-state index in [1.54, 1.807) is 6.07 Å². The Kier molecular flexibility index (Phi) is 6.42. The number of nitrogens with two attached hydrogens (primary N) is 1. The van der Waals surface area contributed by atoms with Crippen molar-refractivity contribution in [2.45, 2.75) is 31.0 Å². The number of carbonyl (C=O) groups is 1. The van der Waals surface area contributed by atoms with Gasteiger partial charge in [0.05, 0.1) is 31.2 Å². The van der Waals surface area contributed by atoms with Gasteiger partial charge in [-0.1, -0.05) is 6.07 Å². The summed E-state index contributed by atoms with van der Waals surface area (Å²) in [7, 11) is -2.42. The van der Waals surface area contributed by atoms with Crippen molar-refractivity contribution < 1.29 is 31.6 Å². The summed E-state index contributed by atoms with van der Waals surface area (Å²) in [5, 5.41) is 12.2. The third-order valence-electron chi connectivity index (χ3n) is 5.30. The highest BCUT2D eigenvalue weighted by molar-refractivity contribution is 7.91. The lowest BCUT2D eigenvalue weighted by Gasteiger charge is -2.19. The van der Waals surface area contributed by atoms with Crippen molar-refractivity contribution in [3.05, 3.63) is 47.8 Å². The topological polar surface area (TPSA) is 134 Å². The fourth-order valence-electron chi connectivity index (χ4n) is 3.66. The molecule has 14 heteroatoms. The molecule has 0 aliphatic carbocycles. The number of nitrogens with zero attached hydrogens (tertiary/aromatic N) is 4. The second-order valence-electron chi connectivity index (χ2n) is 7.57. The Bertz CT molecular complexity index is 1410. The number of hydrogen-bond acceptors (Lipinski definition) is 6. The van der Waals surface area contributed by atoms with Crippen LogP contribution in [0.15, 0.2) is 45.9 Å². The van der Waals surface area contributed by atoms with E-state index in [4.69, 9.17) is 14.6 Å². The smallest absolute Gasteiger partial charge is 0.416 e.